The van der Waals surface area contributed by atoms with E-state index in [2.05, 4.69) is 0 Å². The zero-order chi connectivity index (χ0) is 12.5. The van der Waals surface area contributed by atoms with Crippen molar-refractivity contribution in [1.82, 2.24) is 4.57 Å². The first-order valence-corrected chi connectivity index (χ1v) is 5.27. The molecule has 0 bridgehead atoms. The third-order valence-corrected chi connectivity index (χ3v) is 2.39. The lowest BCUT2D eigenvalue weighted by atomic mass is 10.1. The SMILES string of the molecule is CCc1cc(C(=O)O)cc(=O)n1C(C)(C)C. The van der Waals surface area contributed by atoms with E-state index >= 15 is 0 Å². The van der Waals surface area contributed by atoms with Crippen LogP contribution in [0.1, 0.15) is 43.7 Å². The minimum absolute atomic E-state index is 0.0577. The maximum absolute atomic E-state index is 11.9. The Morgan fingerprint density at radius 1 is 1.38 bits per heavy atom. The second-order valence-corrected chi connectivity index (χ2v) is 4.74. The lowest BCUT2D eigenvalue weighted by Crippen LogP contribution is -2.36. The highest BCUT2D eigenvalue weighted by Gasteiger charge is 2.19. The maximum atomic E-state index is 11.9. The average Bonchev–Trinajstić information content (AvgIpc) is 2.14. The van der Waals surface area contributed by atoms with E-state index in [4.69, 9.17) is 5.11 Å². The van der Waals surface area contributed by atoms with Gasteiger partial charge in [-0.05, 0) is 33.3 Å². The van der Waals surface area contributed by atoms with Crippen molar-refractivity contribution in [2.75, 3.05) is 0 Å². The third-order valence-electron chi connectivity index (χ3n) is 2.39. The van der Waals surface area contributed by atoms with Crippen LogP contribution in [0.15, 0.2) is 16.9 Å². The van der Waals surface area contributed by atoms with Gasteiger partial charge in [-0.25, -0.2) is 4.79 Å². The summed E-state index contributed by atoms with van der Waals surface area (Å²) in [5, 5.41) is 8.87. The van der Waals surface area contributed by atoms with E-state index in [0.717, 1.165) is 5.69 Å². The molecule has 88 valence electrons. The smallest absolute Gasteiger partial charge is 0.335 e. The molecule has 0 saturated heterocycles. The van der Waals surface area contributed by atoms with E-state index in [1.807, 2.05) is 27.7 Å². The molecular formula is C12H17NO3. The second-order valence-electron chi connectivity index (χ2n) is 4.74. The molecule has 0 atom stereocenters. The Balaban J connectivity index is 3.53. The number of hydrogen-bond acceptors (Lipinski definition) is 2. The molecule has 4 heteroatoms. The summed E-state index contributed by atoms with van der Waals surface area (Å²) in [6, 6.07) is 2.74. The number of carbonyl (C=O) groups is 1. The van der Waals surface area contributed by atoms with E-state index in [1.165, 1.54) is 6.07 Å². The lowest BCUT2D eigenvalue weighted by molar-refractivity contribution is 0.0696. The molecule has 0 radical (unpaired) electrons. The summed E-state index contributed by atoms with van der Waals surface area (Å²) in [6.07, 6.45) is 0.633. The first-order valence-electron chi connectivity index (χ1n) is 5.27. The molecule has 0 aromatic carbocycles. The highest BCUT2D eigenvalue weighted by Crippen LogP contribution is 2.15. The number of aryl methyl sites for hydroxylation is 1. The molecule has 1 N–H and O–H groups in total. The van der Waals surface area contributed by atoms with Gasteiger partial charge < -0.3 is 9.67 Å². The molecular weight excluding hydrogens is 206 g/mol. The number of aromatic nitrogens is 1. The maximum Gasteiger partial charge on any atom is 0.335 e. The predicted molar refractivity (Wildman–Crippen MR) is 62.0 cm³/mol. The van der Waals surface area contributed by atoms with Gasteiger partial charge in [-0.15, -0.1) is 0 Å². The van der Waals surface area contributed by atoms with Crippen LogP contribution in [0.2, 0.25) is 0 Å². The quantitative estimate of drug-likeness (QED) is 0.832. The van der Waals surface area contributed by atoms with Gasteiger partial charge in [0.05, 0.1) is 5.56 Å². The predicted octanol–water partition coefficient (Wildman–Crippen LogP) is 1.86. The molecule has 0 amide bonds. The van der Waals surface area contributed by atoms with Crippen molar-refractivity contribution in [2.45, 2.75) is 39.7 Å². The number of carboxylic acids is 1. The van der Waals surface area contributed by atoms with Crippen molar-refractivity contribution in [3.8, 4) is 0 Å². The van der Waals surface area contributed by atoms with Crippen LogP contribution in [0.4, 0.5) is 0 Å². The summed E-state index contributed by atoms with van der Waals surface area (Å²) in [5.74, 6) is -1.06. The summed E-state index contributed by atoms with van der Waals surface area (Å²) in [7, 11) is 0. The summed E-state index contributed by atoms with van der Waals surface area (Å²) in [4.78, 5) is 22.7. The largest absolute Gasteiger partial charge is 0.478 e. The van der Waals surface area contributed by atoms with Crippen LogP contribution in [0.5, 0.6) is 0 Å². The fraction of sp³-hybridized carbons (Fsp3) is 0.500. The van der Waals surface area contributed by atoms with Crippen molar-refractivity contribution < 1.29 is 9.90 Å². The van der Waals surface area contributed by atoms with Crippen molar-refractivity contribution in [2.24, 2.45) is 0 Å². The molecule has 16 heavy (non-hydrogen) atoms. The minimum atomic E-state index is -1.06. The van der Waals surface area contributed by atoms with Gasteiger partial charge in [0.15, 0.2) is 0 Å². The monoisotopic (exact) mass is 223 g/mol. The van der Waals surface area contributed by atoms with Gasteiger partial charge in [0, 0.05) is 17.3 Å². The van der Waals surface area contributed by atoms with E-state index in [9.17, 15) is 9.59 Å². The van der Waals surface area contributed by atoms with Crippen LogP contribution < -0.4 is 5.56 Å². The molecule has 0 spiro atoms. The Morgan fingerprint density at radius 2 is 1.94 bits per heavy atom. The normalized spacial score (nSPS) is 11.5. The number of rotatable bonds is 2. The summed E-state index contributed by atoms with van der Waals surface area (Å²) >= 11 is 0. The highest BCUT2D eigenvalue weighted by atomic mass is 16.4. The Morgan fingerprint density at radius 3 is 2.31 bits per heavy atom. The molecule has 0 fully saturated rings. The Bertz CT molecular complexity index is 466. The zero-order valence-corrected chi connectivity index (χ0v) is 10.1. The van der Waals surface area contributed by atoms with Crippen LogP contribution in [-0.4, -0.2) is 15.6 Å². The van der Waals surface area contributed by atoms with Crippen molar-refractivity contribution in [3.05, 3.63) is 33.7 Å². The molecule has 0 unspecified atom stereocenters. The summed E-state index contributed by atoms with van der Waals surface area (Å²) < 4.78 is 1.64. The van der Waals surface area contributed by atoms with E-state index in [-0.39, 0.29) is 16.7 Å². The Kier molecular flexibility index (Phi) is 3.21. The van der Waals surface area contributed by atoms with Crippen LogP contribution in [0.25, 0.3) is 0 Å². The van der Waals surface area contributed by atoms with Gasteiger partial charge in [0.2, 0.25) is 0 Å². The first kappa shape index (κ1) is 12.5. The van der Waals surface area contributed by atoms with E-state index in [0.29, 0.717) is 6.42 Å². The molecule has 1 aromatic rings. The third kappa shape index (κ3) is 2.32. The van der Waals surface area contributed by atoms with Gasteiger partial charge in [-0.3, -0.25) is 4.79 Å². The average molecular weight is 223 g/mol. The fourth-order valence-electron chi connectivity index (χ4n) is 1.77. The van der Waals surface area contributed by atoms with Crippen molar-refractivity contribution in [3.63, 3.8) is 0 Å². The molecule has 4 nitrogen and oxygen atoms in total. The Labute approximate surface area is 94.5 Å². The van der Waals surface area contributed by atoms with Gasteiger partial charge in [-0.2, -0.15) is 0 Å². The molecule has 0 saturated carbocycles. The van der Waals surface area contributed by atoms with Crippen molar-refractivity contribution >= 4 is 5.97 Å². The van der Waals surface area contributed by atoms with Gasteiger partial charge >= 0.3 is 5.97 Å². The molecule has 1 heterocycles. The van der Waals surface area contributed by atoms with Gasteiger partial charge in [0.1, 0.15) is 0 Å². The number of nitrogens with zero attached hydrogens (tertiary/aromatic N) is 1. The van der Waals surface area contributed by atoms with Crippen LogP contribution >= 0.6 is 0 Å². The van der Waals surface area contributed by atoms with E-state index < -0.39 is 5.97 Å². The topological polar surface area (TPSA) is 59.3 Å². The minimum Gasteiger partial charge on any atom is -0.478 e. The lowest BCUT2D eigenvalue weighted by Gasteiger charge is -2.26. The number of carboxylic acid groups (broad SMARTS) is 1. The first-order chi connectivity index (χ1) is 7.27. The molecule has 1 rings (SSSR count). The van der Waals surface area contributed by atoms with Crippen LogP contribution in [-0.2, 0) is 12.0 Å². The van der Waals surface area contributed by atoms with Crippen LogP contribution in [0.3, 0.4) is 0 Å². The highest BCUT2D eigenvalue weighted by molar-refractivity contribution is 5.87. The molecule has 1 aromatic heterocycles. The van der Waals surface area contributed by atoms with Crippen LogP contribution in [0, 0.1) is 0 Å². The second kappa shape index (κ2) is 4.12. The summed E-state index contributed by atoms with van der Waals surface area (Å²) in [6.45, 7) is 7.68. The van der Waals surface area contributed by atoms with Gasteiger partial charge in [0.25, 0.3) is 5.56 Å². The number of aromatic carboxylic acids is 1. The standard InChI is InChI=1S/C12H17NO3/c1-5-9-6-8(11(15)16)7-10(14)13(9)12(2,3)4/h6-7H,5H2,1-4H3,(H,15,16). The van der Waals surface area contributed by atoms with Crippen molar-refractivity contribution in [1.29, 1.82) is 0 Å². The summed E-state index contributed by atoms with van der Waals surface area (Å²) in [5.41, 5.74) is 0.212. The number of hydrogen-bond donors (Lipinski definition) is 1. The van der Waals surface area contributed by atoms with E-state index in [1.54, 1.807) is 10.6 Å². The molecule has 0 aliphatic heterocycles. The zero-order valence-electron chi connectivity index (χ0n) is 10.1. The fourth-order valence-corrected chi connectivity index (χ4v) is 1.77. The number of pyridine rings is 1. The van der Waals surface area contributed by atoms with Gasteiger partial charge in [-0.1, -0.05) is 6.92 Å². The Hall–Kier alpha value is -1.58. The molecule has 0 aliphatic carbocycles. The molecule has 0 aliphatic rings.